The second-order valence-corrected chi connectivity index (χ2v) is 6.32. The van der Waals surface area contributed by atoms with Crippen LogP contribution in [-0.2, 0) is 6.42 Å². The van der Waals surface area contributed by atoms with Gasteiger partial charge in [-0.15, -0.1) is 10.2 Å². The summed E-state index contributed by atoms with van der Waals surface area (Å²) >= 11 is 1.52. The van der Waals surface area contributed by atoms with Crippen molar-refractivity contribution in [3.8, 4) is 10.7 Å². The molecule has 3 heterocycles. The SMILES string of the molecule is CN.c1ccc(CCNc2nnc(-c3ccc4cnccc4n3)s2)cc1. The molecule has 0 aliphatic heterocycles. The lowest BCUT2D eigenvalue weighted by molar-refractivity contribution is 0.995. The lowest BCUT2D eigenvalue weighted by Crippen LogP contribution is -2.04. The summed E-state index contributed by atoms with van der Waals surface area (Å²) in [6.07, 6.45) is 4.51. The van der Waals surface area contributed by atoms with E-state index in [9.17, 15) is 0 Å². The van der Waals surface area contributed by atoms with Crippen molar-refractivity contribution in [2.75, 3.05) is 18.9 Å². The number of pyridine rings is 2. The fourth-order valence-corrected chi connectivity index (χ4v) is 3.18. The van der Waals surface area contributed by atoms with Crippen LogP contribution in [-0.4, -0.2) is 33.8 Å². The molecule has 4 rings (SSSR count). The van der Waals surface area contributed by atoms with Crippen LogP contribution in [0.5, 0.6) is 0 Å². The van der Waals surface area contributed by atoms with Crippen LogP contribution in [0.25, 0.3) is 21.6 Å². The average Bonchev–Trinajstić information content (AvgIpc) is 3.19. The van der Waals surface area contributed by atoms with E-state index in [0.29, 0.717) is 0 Å². The van der Waals surface area contributed by atoms with Crippen molar-refractivity contribution in [2.45, 2.75) is 6.42 Å². The van der Waals surface area contributed by atoms with Crippen LogP contribution in [0.4, 0.5) is 5.13 Å². The van der Waals surface area contributed by atoms with Gasteiger partial charge in [0.15, 0.2) is 5.01 Å². The zero-order chi connectivity index (χ0) is 18.2. The largest absolute Gasteiger partial charge is 0.360 e. The molecule has 4 aromatic rings. The molecule has 0 saturated carbocycles. The minimum absolute atomic E-state index is 0.816. The average molecular weight is 364 g/mol. The van der Waals surface area contributed by atoms with Crippen LogP contribution in [0.1, 0.15) is 5.56 Å². The third-order valence-corrected chi connectivity index (χ3v) is 4.57. The number of hydrogen-bond donors (Lipinski definition) is 2. The number of rotatable bonds is 5. The van der Waals surface area contributed by atoms with Gasteiger partial charge in [0.1, 0.15) is 5.69 Å². The smallest absolute Gasteiger partial charge is 0.206 e. The van der Waals surface area contributed by atoms with Gasteiger partial charge in [0.05, 0.1) is 5.52 Å². The third-order valence-electron chi connectivity index (χ3n) is 3.67. The first-order valence-electron chi connectivity index (χ1n) is 8.29. The molecule has 7 heteroatoms. The molecule has 26 heavy (non-hydrogen) atoms. The quantitative estimate of drug-likeness (QED) is 0.564. The highest BCUT2D eigenvalue weighted by molar-refractivity contribution is 7.18. The van der Waals surface area contributed by atoms with Gasteiger partial charge in [-0.2, -0.15) is 0 Å². The van der Waals surface area contributed by atoms with Crippen molar-refractivity contribution in [1.82, 2.24) is 20.2 Å². The highest BCUT2D eigenvalue weighted by Gasteiger charge is 2.08. The van der Waals surface area contributed by atoms with Crippen LogP contribution in [0.15, 0.2) is 60.9 Å². The maximum absolute atomic E-state index is 4.63. The molecular weight excluding hydrogens is 344 g/mol. The number of aromatic nitrogens is 4. The van der Waals surface area contributed by atoms with Gasteiger partial charge in [-0.1, -0.05) is 41.7 Å². The number of nitrogens with zero attached hydrogens (tertiary/aromatic N) is 4. The van der Waals surface area contributed by atoms with Crippen molar-refractivity contribution in [3.63, 3.8) is 0 Å². The molecule has 0 saturated heterocycles. The van der Waals surface area contributed by atoms with Gasteiger partial charge >= 0.3 is 0 Å². The maximum atomic E-state index is 4.63. The van der Waals surface area contributed by atoms with Crippen molar-refractivity contribution >= 4 is 27.4 Å². The van der Waals surface area contributed by atoms with Crippen molar-refractivity contribution in [3.05, 3.63) is 66.5 Å². The predicted molar refractivity (Wildman–Crippen MR) is 107 cm³/mol. The second-order valence-electron chi connectivity index (χ2n) is 5.34. The molecule has 0 bridgehead atoms. The Kier molecular flexibility index (Phi) is 6.19. The Hall–Kier alpha value is -2.90. The minimum Gasteiger partial charge on any atom is -0.360 e. The van der Waals surface area contributed by atoms with E-state index in [2.05, 4.69) is 55.5 Å². The Morgan fingerprint density at radius 1 is 1.00 bits per heavy atom. The molecule has 0 radical (unpaired) electrons. The summed E-state index contributed by atoms with van der Waals surface area (Å²) < 4.78 is 0. The number of hydrogen-bond acceptors (Lipinski definition) is 7. The van der Waals surface area contributed by atoms with Crippen LogP contribution in [0, 0.1) is 0 Å². The van der Waals surface area contributed by atoms with E-state index in [0.717, 1.165) is 39.7 Å². The number of nitrogens with two attached hydrogens (primary N) is 1. The van der Waals surface area contributed by atoms with Gasteiger partial charge in [-0.05, 0) is 37.2 Å². The normalized spacial score (nSPS) is 10.2. The second kappa shape index (κ2) is 8.98. The molecular formula is C19H20N6S. The Morgan fingerprint density at radius 2 is 1.85 bits per heavy atom. The first-order chi connectivity index (χ1) is 12.9. The lowest BCUT2D eigenvalue weighted by atomic mass is 10.2. The Balaban J connectivity index is 0.000000948. The van der Waals surface area contributed by atoms with Gasteiger partial charge in [0.2, 0.25) is 5.13 Å². The van der Waals surface area contributed by atoms with E-state index in [1.807, 2.05) is 30.5 Å². The molecule has 0 amide bonds. The van der Waals surface area contributed by atoms with Gasteiger partial charge < -0.3 is 11.1 Å². The van der Waals surface area contributed by atoms with Crippen LogP contribution in [0.2, 0.25) is 0 Å². The van der Waals surface area contributed by atoms with Crippen molar-refractivity contribution in [1.29, 1.82) is 0 Å². The van der Waals surface area contributed by atoms with Crippen LogP contribution in [0.3, 0.4) is 0 Å². The molecule has 132 valence electrons. The van der Waals surface area contributed by atoms with Gasteiger partial charge in [-0.3, -0.25) is 4.98 Å². The first kappa shape index (κ1) is 17.9. The Labute approximate surface area is 156 Å². The monoisotopic (exact) mass is 364 g/mol. The molecule has 1 aromatic carbocycles. The molecule has 0 unspecified atom stereocenters. The summed E-state index contributed by atoms with van der Waals surface area (Å²) in [6, 6.07) is 16.3. The summed E-state index contributed by atoms with van der Waals surface area (Å²) in [5.41, 5.74) is 7.55. The van der Waals surface area contributed by atoms with E-state index in [1.54, 1.807) is 6.20 Å². The van der Waals surface area contributed by atoms with Gasteiger partial charge in [-0.25, -0.2) is 4.98 Å². The highest BCUT2D eigenvalue weighted by atomic mass is 32.1. The molecule has 0 aliphatic carbocycles. The topological polar surface area (TPSA) is 89.6 Å². The predicted octanol–water partition coefficient (Wildman–Crippen LogP) is 3.38. The van der Waals surface area contributed by atoms with Gasteiger partial charge in [0.25, 0.3) is 0 Å². The van der Waals surface area contributed by atoms with E-state index in [1.165, 1.54) is 23.9 Å². The molecule has 0 fully saturated rings. The summed E-state index contributed by atoms with van der Waals surface area (Å²) in [5, 5.41) is 14.4. The molecule has 0 atom stereocenters. The summed E-state index contributed by atoms with van der Waals surface area (Å²) in [7, 11) is 1.50. The standard InChI is InChI=1S/C18H15N5S.CH5N/c1-2-4-13(5-3-1)8-11-20-18-23-22-17(24-18)16-7-6-14-12-19-10-9-15(14)21-16;1-2/h1-7,9-10,12H,8,11H2,(H,20,23);2H2,1H3. The summed E-state index contributed by atoms with van der Waals surface area (Å²) in [5.74, 6) is 0. The Morgan fingerprint density at radius 3 is 2.69 bits per heavy atom. The zero-order valence-corrected chi connectivity index (χ0v) is 15.3. The van der Waals surface area contributed by atoms with Crippen molar-refractivity contribution in [2.24, 2.45) is 5.73 Å². The summed E-state index contributed by atoms with van der Waals surface area (Å²) in [6.45, 7) is 0.829. The van der Waals surface area contributed by atoms with E-state index in [-0.39, 0.29) is 0 Å². The van der Waals surface area contributed by atoms with Gasteiger partial charge in [0, 0.05) is 24.3 Å². The zero-order valence-electron chi connectivity index (χ0n) is 14.5. The molecule has 0 aliphatic rings. The maximum Gasteiger partial charge on any atom is 0.206 e. The fraction of sp³-hybridized carbons (Fsp3) is 0.158. The first-order valence-corrected chi connectivity index (χ1v) is 9.10. The van der Waals surface area contributed by atoms with E-state index >= 15 is 0 Å². The molecule has 3 aromatic heterocycles. The third kappa shape index (κ3) is 4.38. The molecule has 3 N–H and O–H groups in total. The number of nitrogens with one attached hydrogen (secondary N) is 1. The number of anilines is 1. The number of benzene rings is 1. The summed E-state index contributed by atoms with van der Waals surface area (Å²) in [4.78, 5) is 8.73. The van der Waals surface area contributed by atoms with E-state index < -0.39 is 0 Å². The molecule has 6 nitrogen and oxygen atoms in total. The van der Waals surface area contributed by atoms with Crippen LogP contribution >= 0.6 is 11.3 Å². The Bertz CT molecular complexity index is 954. The highest BCUT2D eigenvalue weighted by Crippen LogP contribution is 2.26. The van der Waals surface area contributed by atoms with Crippen molar-refractivity contribution < 1.29 is 0 Å². The fourth-order valence-electron chi connectivity index (χ4n) is 2.44. The molecule has 0 spiro atoms. The number of fused-ring (bicyclic) bond motifs is 1. The van der Waals surface area contributed by atoms with E-state index in [4.69, 9.17) is 0 Å². The minimum atomic E-state index is 0.816. The lowest BCUT2D eigenvalue weighted by Gasteiger charge is -2.01. The van der Waals surface area contributed by atoms with Crippen LogP contribution < -0.4 is 11.1 Å².